The molecule has 3 aromatic carbocycles. The van der Waals surface area contributed by atoms with Gasteiger partial charge in [0.15, 0.2) is 11.6 Å². The van der Waals surface area contributed by atoms with Crippen LogP contribution in [0.4, 0.5) is 13.2 Å². The summed E-state index contributed by atoms with van der Waals surface area (Å²) < 4.78 is 70.3. The lowest BCUT2D eigenvalue weighted by atomic mass is 9.82. The van der Waals surface area contributed by atoms with E-state index in [1.54, 1.807) is 12.1 Å². The van der Waals surface area contributed by atoms with Gasteiger partial charge in [-0.15, -0.1) is 0 Å². The molecule has 12 heteroatoms. The zero-order valence-corrected chi connectivity index (χ0v) is 25.8. The van der Waals surface area contributed by atoms with E-state index in [0.29, 0.717) is 31.7 Å². The van der Waals surface area contributed by atoms with Crippen LogP contribution in [0.5, 0.6) is 0 Å². The highest BCUT2D eigenvalue weighted by Gasteiger charge is 2.44. The summed E-state index contributed by atoms with van der Waals surface area (Å²) in [5, 5.41) is 2.74. The number of nitrogens with one attached hydrogen (secondary N) is 1. The van der Waals surface area contributed by atoms with Crippen molar-refractivity contribution in [3.63, 3.8) is 0 Å². The normalized spacial score (nSPS) is 19.8. The Balaban J connectivity index is 0.000000354. The Bertz CT molecular complexity index is 1580. The zero-order valence-electron chi connectivity index (χ0n) is 25.0. The fraction of sp³-hybridized carbons (Fsp3) is 0.394. The van der Waals surface area contributed by atoms with Gasteiger partial charge in [-0.3, -0.25) is 14.1 Å². The van der Waals surface area contributed by atoms with E-state index in [1.165, 1.54) is 12.1 Å². The number of hydrogen-bond donors (Lipinski definition) is 3. The van der Waals surface area contributed by atoms with E-state index in [9.17, 15) is 31.2 Å². The van der Waals surface area contributed by atoms with Crippen molar-refractivity contribution in [3.05, 3.63) is 101 Å². The quantitative estimate of drug-likeness (QED) is 0.228. The predicted molar refractivity (Wildman–Crippen MR) is 163 cm³/mol. The number of hydrogen-bond acceptors (Lipinski definition) is 5. The molecule has 3 aromatic rings. The van der Waals surface area contributed by atoms with Gasteiger partial charge in [-0.2, -0.15) is 8.42 Å². The Hall–Kier alpha value is -3.74. The standard InChI is InChI=1S/C26H30F3N3O2.C7H8O3S/c27-21-14-23(29)22(28)12-17(21)13-24(30)18-10-19-7-8-20(11-18)32(19)26(34)15-31-25(33)9-6-16-4-2-1-3-5-16;1-6-2-4-7(5-3-6)11(8,9)10/h1-5,12,14,18-20,24H,6-11,13,15,30H2,(H,31,33);2-5H,1H3,(H,8,9,10)/t18?,19-,20+,24-;/m1./s1. The van der Waals surface area contributed by atoms with Crippen molar-refractivity contribution in [1.29, 1.82) is 0 Å². The second-order valence-electron chi connectivity index (χ2n) is 11.7. The number of fused-ring (bicyclic) bond motifs is 2. The number of rotatable bonds is 9. The molecule has 2 saturated heterocycles. The number of amides is 2. The van der Waals surface area contributed by atoms with Crippen molar-refractivity contribution in [1.82, 2.24) is 10.2 Å². The summed E-state index contributed by atoms with van der Waals surface area (Å²) in [6, 6.07) is 16.8. The van der Waals surface area contributed by atoms with Crippen molar-refractivity contribution in [2.75, 3.05) is 6.54 Å². The van der Waals surface area contributed by atoms with Crippen LogP contribution in [0.2, 0.25) is 0 Å². The van der Waals surface area contributed by atoms with Gasteiger partial charge in [-0.05, 0) is 80.7 Å². The molecule has 2 amide bonds. The van der Waals surface area contributed by atoms with Crippen LogP contribution in [0.15, 0.2) is 71.6 Å². The number of carbonyl (C=O) groups excluding carboxylic acids is 2. The lowest BCUT2D eigenvalue weighted by Crippen LogP contribution is -2.52. The summed E-state index contributed by atoms with van der Waals surface area (Å²) in [4.78, 5) is 26.9. The van der Waals surface area contributed by atoms with Crippen LogP contribution in [0.25, 0.3) is 0 Å². The number of nitrogens with two attached hydrogens (primary N) is 1. The van der Waals surface area contributed by atoms with E-state index < -0.39 is 33.6 Å². The Morgan fingerprint density at radius 1 is 0.956 bits per heavy atom. The molecule has 2 heterocycles. The smallest absolute Gasteiger partial charge is 0.294 e. The first kappa shape index (κ1) is 34.1. The highest BCUT2D eigenvalue weighted by Crippen LogP contribution is 2.40. The molecule has 0 aromatic heterocycles. The van der Waals surface area contributed by atoms with Crippen LogP contribution in [-0.2, 0) is 32.5 Å². The van der Waals surface area contributed by atoms with Gasteiger partial charge in [0.05, 0.1) is 11.4 Å². The lowest BCUT2D eigenvalue weighted by molar-refractivity contribution is -0.137. The summed E-state index contributed by atoms with van der Waals surface area (Å²) >= 11 is 0. The van der Waals surface area contributed by atoms with E-state index in [-0.39, 0.29) is 53.2 Å². The van der Waals surface area contributed by atoms with Gasteiger partial charge < -0.3 is 16.0 Å². The second-order valence-corrected chi connectivity index (χ2v) is 13.1. The molecule has 4 atom stereocenters. The van der Waals surface area contributed by atoms with Crippen LogP contribution in [0, 0.1) is 30.3 Å². The minimum atomic E-state index is -4.02. The third-order valence-corrected chi connectivity index (χ3v) is 9.32. The second kappa shape index (κ2) is 15.0. The molecule has 0 saturated carbocycles. The first-order valence-corrected chi connectivity index (χ1v) is 16.3. The molecule has 0 radical (unpaired) electrons. The van der Waals surface area contributed by atoms with E-state index in [1.807, 2.05) is 42.2 Å². The minimum Gasteiger partial charge on any atom is -0.347 e. The topological polar surface area (TPSA) is 130 Å². The first-order valence-electron chi connectivity index (χ1n) is 14.9. The fourth-order valence-electron chi connectivity index (χ4n) is 6.08. The third-order valence-electron chi connectivity index (χ3n) is 8.45. The minimum absolute atomic E-state index is 0.0262. The molecule has 242 valence electrons. The van der Waals surface area contributed by atoms with Gasteiger partial charge >= 0.3 is 0 Å². The zero-order chi connectivity index (χ0) is 32.7. The van der Waals surface area contributed by atoms with Gasteiger partial charge in [0.1, 0.15) is 5.82 Å². The molecule has 2 fully saturated rings. The molecule has 2 aliphatic rings. The van der Waals surface area contributed by atoms with Crippen molar-refractivity contribution >= 4 is 21.9 Å². The number of halogens is 3. The highest BCUT2D eigenvalue weighted by atomic mass is 32.2. The maximum Gasteiger partial charge on any atom is 0.294 e. The van der Waals surface area contributed by atoms with Crippen molar-refractivity contribution in [3.8, 4) is 0 Å². The van der Waals surface area contributed by atoms with E-state index in [4.69, 9.17) is 10.3 Å². The average molecular weight is 646 g/mol. The summed E-state index contributed by atoms with van der Waals surface area (Å²) in [7, 11) is -4.02. The molecule has 5 rings (SSSR count). The van der Waals surface area contributed by atoms with Crippen LogP contribution in [0.1, 0.15) is 48.8 Å². The molecule has 8 nitrogen and oxygen atoms in total. The van der Waals surface area contributed by atoms with Crippen molar-refractivity contribution in [2.45, 2.75) is 74.9 Å². The van der Waals surface area contributed by atoms with Gasteiger partial charge in [-0.1, -0.05) is 48.0 Å². The van der Waals surface area contributed by atoms with Crippen molar-refractivity contribution < 1.29 is 35.7 Å². The molecule has 45 heavy (non-hydrogen) atoms. The fourth-order valence-corrected chi connectivity index (χ4v) is 6.56. The van der Waals surface area contributed by atoms with Crippen LogP contribution in [-0.4, -0.2) is 54.4 Å². The number of carbonyl (C=O) groups is 2. The molecular weight excluding hydrogens is 607 g/mol. The van der Waals surface area contributed by atoms with Crippen LogP contribution < -0.4 is 11.1 Å². The monoisotopic (exact) mass is 645 g/mol. The van der Waals surface area contributed by atoms with E-state index >= 15 is 0 Å². The Morgan fingerprint density at radius 3 is 2.16 bits per heavy atom. The van der Waals surface area contributed by atoms with Crippen molar-refractivity contribution in [2.24, 2.45) is 11.7 Å². The summed E-state index contributed by atoms with van der Waals surface area (Å²) in [5.41, 5.74) is 8.44. The van der Waals surface area contributed by atoms with Gasteiger partial charge in [0.25, 0.3) is 10.1 Å². The number of aryl methyl sites for hydroxylation is 2. The number of piperidine rings is 1. The predicted octanol–water partition coefficient (Wildman–Crippen LogP) is 4.73. The van der Waals surface area contributed by atoms with Gasteiger partial charge in [0.2, 0.25) is 11.8 Å². The molecule has 0 aliphatic carbocycles. The third kappa shape index (κ3) is 9.38. The summed E-state index contributed by atoms with van der Waals surface area (Å²) in [6.07, 6.45) is 4.13. The van der Waals surface area contributed by atoms with Gasteiger partial charge in [0, 0.05) is 30.6 Å². The van der Waals surface area contributed by atoms with Gasteiger partial charge in [-0.25, -0.2) is 13.2 Å². The SMILES string of the molecule is Cc1ccc(S(=O)(=O)O)cc1.N[C@H](Cc1cc(F)c(F)cc1F)C1C[C@H]2CC[C@@H](C1)N2C(=O)CNC(=O)CCc1ccccc1. The molecule has 0 spiro atoms. The van der Waals surface area contributed by atoms with E-state index in [2.05, 4.69) is 5.32 Å². The first-order chi connectivity index (χ1) is 21.3. The Kier molecular flexibility index (Phi) is 11.4. The Labute approximate surface area is 261 Å². The average Bonchev–Trinajstić information content (AvgIpc) is 3.27. The highest BCUT2D eigenvalue weighted by molar-refractivity contribution is 7.85. The lowest BCUT2D eigenvalue weighted by Gasteiger charge is -2.41. The largest absolute Gasteiger partial charge is 0.347 e. The molecule has 1 unspecified atom stereocenters. The maximum absolute atomic E-state index is 14.0. The van der Waals surface area contributed by atoms with Crippen LogP contribution >= 0.6 is 0 Å². The summed E-state index contributed by atoms with van der Waals surface area (Å²) in [5.74, 6) is -3.31. The number of benzene rings is 3. The molecule has 2 aliphatic heterocycles. The number of nitrogens with zero attached hydrogens (tertiary/aromatic N) is 1. The molecule has 4 N–H and O–H groups in total. The molecule has 2 bridgehead atoms. The maximum atomic E-state index is 14.0. The summed E-state index contributed by atoms with van der Waals surface area (Å²) in [6.45, 7) is 1.81. The van der Waals surface area contributed by atoms with Crippen LogP contribution in [0.3, 0.4) is 0 Å². The molecular formula is C33H38F3N3O5S. The Morgan fingerprint density at radius 2 is 1.56 bits per heavy atom. The van der Waals surface area contributed by atoms with E-state index in [0.717, 1.165) is 30.0 Å².